The first-order chi connectivity index (χ1) is 4.97. The molecule has 0 unspecified atom stereocenters. The molecule has 0 aromatic carbocycles. The number of rotatable bonds is 1. The van der Waals surface area contributed by atoms with Crippen LogP contribution in [0.3, 0.4) is 0 Å². The molecule has 0 aliphatic heterocycles. The topological polar surface area (TPSA) is 109 Å². The summed E-state index contributed by atoms with van der Waals surface area (Å²) in [5.74, 6) is 0.843. The molecule has 0 amide bonds. The van der Waals surface area contributed by atoms with E-state index in [0.29, 0.717) is 11.6 Å². The molecule has 0 aliphatic rings. The molecule has 0 atom stereocenters. The van der Waals surface area contributed by atoms with E-state index in [-0.39, 0.29) is 59.1 Å². The van der Waals surface area contributed by atoms with Gasteiger partial charge in [0.25, 0.3) is 0 Å². The summed E-state index contributed by atoms with van der Waals surface area (Å²) in [6.07, 6.45) is 0. The fourth-order valence-corrected chi connectivity index (χ4v) is 0.519. The van der Waals surface area contributed by atoms with Crippen molar-refractivity contribution in [1.82, 2.24) is 41.2 Å². The monoisotopic (exact) mass is 186 g/mol. The number of aromatic amines is 2. The molecule has 0 saturated carbocycles. The van der Waals surface area contributed by atoms with Crippen molar-refractivity contribution in [1.29, 1.82) is 0 Å². The molecule has 8 nitrogen and oxygen atoms in total. The Bertz CT molecular complexity index is 254. The van der Waals surface area contributed by atoms with Crippen LogP contribution in [0.1, 0.15) is 0 Å². The Morgan fingerprint density at radius 2 is 1.17 bits per heavy atom. The van der Waals surface area contributed by atoms with Gasteiger partial charge in [0, 0.05) is 0 Å². The molecular weight excluding hydrogens is 182 g/mol. The van der Waals surface area contributed by atoms with Gasteiger partial charge in [-0.25, -0.2) is 10.2 Å². The summed E-state index contributed by atoms with van der Waals surface area (Å²) in [5, 5.41) is 25.5. The first-order valence-electron chi connectivity index (χ1n) is 2.44. The zero-order chi connectivity index (χ0) is 6.81. The standard InChI is InChI=1S/C2H2N8.2Na.2H/c3-1(4-8-7-3)2-5-9-10-6-2;;;;/h(H,3,4,7,8)(H,5,6,9,10);;;;. The van der Waals surface area contributed by atoms with Gasteiger partial charge in [-0.05, 0) is 20.9 Å². The van der Waals surface area contributed by atoms with Crippen molar-refractivity contribution >= 4 is 59.1 Å². The van der Waals surface area contributed by atoms with E-state index >= 15 is 0 Å². The van der Waals surface area contributed by atoms with Gasteiger partial charge < -0.3 is 0 Å². The van der Waals surface area contributed by atoms with Gasteiger partial charge in [0.05, 0.1) is 0 Å². The third-order valence-electron chi connectivity index (χ3n) is 0.915. The van der Waals surface area contributed by atoms with Gasteiger partial charge in [0.1, 0.15) is 0 Å². The van der Waals surface area contributed by atoms with Gasteiger partial charge in [-0.15, -0.1) is 10.2 Å². The van der Waals surface area contributed by atoms with Crippen LogP contribution in [0.25, 0.3) is 11.6 Å². The van der Waals surface area contributed by atoms with Crippen LogP contribution < -0.4 is 0 Å². The molecule has 0 radical (unpaired) electrons. The molecule has 0 fully saturated rings. The van der Waals surface area contributed by atoms with Gasteiger partial charge in [0.2, 0.25) is 11.6 Å². The van der Waals surface area contributed by atoms with E-state index in [1.54, 1.807) is 0 Å². The molecule has 2 aromatic heterocycles. The molecule has 0 spiro atoms. The number of nitrogens with zero attached hydrogens (tertiary/aromatic N) is 6. The van der Waals surface area contributed by atoms with Crippen molar-refractivity contribution in [3.63, 3.8) is 0 Å². The summed E-state index contributed by atoms with van der Waals surface area (Å²) in [4.78, 5) is 0. The molecule has 12 heavy (non-hydrogen) atoms. The normalized spacial score (nSPS) is 8.33. The van der Waals surface area contributed by atoms with Crippen LogP contribution in [0.5, 0.6) is 0 Å². The largest absolute Gasteiger partial charge is 0.236 e. The minimum atomic E-state index is 0. The molecule has 2 N–H and O–H groups in total. The third-order valence-corrected chi connectivity index (χ3v) is 0.915. The second kappa shape index (κ2) is 5.73. The maximum Gasteiger partial charge on any atom is 0.218 e. The molecule has 2 heterocycles. The number of tetrazole rings is 2. The Morgan fingerprint density at radius 3 is 1.42 bits per heavy atom. The summed E-state index contributed by atoms with van der Waals surface area (Å²) in [5.41, 5.74) is 0. The zero-order valence-electron chi connectivity index (χ0n) is 4.68. The number of hydrogen-bond donors (Lipinski definition) is 2. The molecule has 2 rings (SSSR count). The fourth-order valence-electron chi connectivity index (χ4n) is 0.519. The van der Waals surface area contributed by atoms with Crippen molar-refractivity contribution < 1.29 is 0 Å². The van der Waals surface area contributed by atoms with Gasteiger partial charge in [-0.3, -0.25) is 0 Å². The maximum atomic E-state index is 3.57. The van der Waals surface area contributed by atoms with Crippen LogP contribution in [-0.2, 0) is 0 Å². The Morgan fingerprint density at radius 1 is 0.750 bits per heavy atom. The van der Waals surface area contributed by atoms with Crippen LogP contribution in [0.4, 0.5) is 0 Å². The Labute approximate surface area is 111 Å². The van der Waals surface area contributed by atoms with E-state index in [0.717, 1.165) is 0 Å². The van der Waals surface area contributed by atoms with Crippen molar-refractivity contribution in [2.24, 2.45) is 0 Å². The zero-order valence-corrected chi connectivity index (χ0v) is 4.68. The number of aromatic nitrogens is 8. The smallest absolute Gasteiger partial charge is 0.218 e. The average Bonchev–Trinajstić information content (AvgIpc) is 2.59. The van der Waals surface area contributed by atoms with E-state index in [9.17, 15) is 0 Å². The van der Waals surface area contributed by atoms with E-state index in [2.05, 4.69) is 41.2 Å². The first kappa shape index (κ1) is 12.1. The third kappa shape index (κ3) is 2.57. The maximum absolute atomic E-state index is 3.57. The minimum Gasteiger partial charge on any atom is -0.236 e. The molecular formula is C2H4N8Na2. The van der Waals surface area contributed by atoms with Gasteiger partial charge in [-0.1, -0.05) is 0 Å². The van der Waals surface area contributed by atoms with Gasteiger partial charge >= 0.3 is 59.1 Å². The van der Waals surface area contributed by atoms with Crippen LogP contribution in [0.15, 0.2) is 0 Å². The SMILES string of the molecule is [NaH].[NaH].n1n[nH]c(-c2nnn[nH]2)n1. The predicted octanol–water partition coefficient (Wildman–Crippen LogP) is -2.92. The quantitative estimate of drug-likeness (QED) is 0.462. The van der Waals surface area contributed by atoms with E-state index in [1.165, 1.54) is 0 Å². The Hall–Kier alpha value is 0.140. The van der Waals surface area contributed by atoms with Crippen molar-refractivity contribution in [3.8, 4) is 11.6 Å². The second-order valence-corrected chi connectivity index (χ2v) is 1.50. The van der Waals surface area contributed by atoms with Crippen molar-refractivity contribution in [3.05, 3.63) is 0 Å². The minimum absolute atomic E-state index is 0. The molecule has 54 valence electrons. The van der Waals surface area contributed by atoms with Crippen molar-refractivity contribution in [2.75, 3.05) is 0 Å². The van der Waals surface area contributed by atoms with Crippen molar-refractivity contribution in [2.45, 2.75) is 0 Å². The summed E-state index contributed by atoms with van der Waals surface area (Å²) in [7, 11) is 0. The van der Waals surface area contributed by atoms with E-state index in [4.69, 9.17) is 0 Å². The molecule has 10 heteroatoms. The van der Waals surface area contributed by atoms with Crippen LogP contribution >= 0.6 is 0 Å². The second-order valence-electron chi connectivity index (χ2n) is 1.50. The van der Waals surface area contributed by atoms with Crippen LogP contribution in [0.2, 0.25) is 0 Å². The number of hydrogen-bond acceptors (Lipinski definition) is 6. The summed E-state index contributed by atoms with van der Waals surface area (Å²) in [6.45, 7) is 0. The fraction of sp³-hybridized carbons (Fsp3) is 0. The first-order valence-corrected chi connectivity index (χ1v) is 2.44. The Kier molecular flexibility index (Phi) is 5.80. The summed E-state index contributed by atoms with van der Waals surface area (Å²) in [6, 6.07) is 0. The van der Waals surface area contributed by atoms with E-state index in [1.807, 2.05) is 0 Å². The molecule has 0 saturated heterocycles. The summed E-state index contributed by atoms with van der Waals surface area (Å²) >= 11 is 0. The van der Waals surface area contributed by atoms with E-state index < -0.39 is 0 Å². The number of nitrogens with one attached hydrogen (secondary N) is 2. The Balaban J connectivity index is 0.000000605. The van der Waals surface area contributed by atoms with Crippen LogP contribution in [0, 0.1) is 0 Å². The van der Waals surface area contributed by atoms with Gasteiger partial charge in [0.15, 0.2) is 0 Å². The average molecular weight is 186 g/mol. The molecule has 2 aromatic rings. The molecule has 0 bridgehead atoms. The molecule has 0 aliphatic carbocycles. The van der Waals surface area contributed by atoms with Gasteiger partial charge in [-0.2, -0.15) is 0 Å². The number of H-pyrrole nitrogens is 2. The van der Waals surface area contributed by atoms with Crippen LogP contribution in [-0.4, -0.2) is 100 Å². The predicted molar refractivity (Wildman–Crippen MR) is 41.6 cm³/mol. The summed E-state index contributed by atoms with van der Waals surface area (Å²) < 4.78 is 0.